The first-order chi connectivity index (χ1) is 12.7. The molecule has 0 aromatic heterocycles. The normalized spacial score (nSPS) is 18.2. The number of carbonyl (C=O) groups excluding carboxylic acids is 1. The van der Waals surface area contributed by atoms with Crippen LogP contribution in [0.4, 0.5) is 0 Å². The third-order valence-electron chi connectivity index (χ3n) is 6.34. The van der Waals surface area contributed by atoms with Crippen LogP contribution in [0, 0.1) is 0 Å². The summed E-state index contributed by atoms with van der Waals surface area (Å²) >= 11 is 0. The first-order valence-electron chi connectivity index (χ1n) is 10.8. The lowest BCUT2D eigenvalue weighted by molar-refractivity contribution is -0.112. The van der Waals surface area contributed by atoms with Crippen LogP contribution >= 0.6 is 0 Å². The molecule has 27 heavy (non-hydrogen) atoms. The number of amides is 1. The highest BCUT2D eigenvalue weighted by Gasteiger charge is 2.37. The van der Waals surface area contributed by atoms with Crippen molar-refractivity contribution in [3.05, 3.63) is 41.0 Å². The molecule has 0 radical (unpaired) electrons. The molecule has 1 aromatic carbocycles. The average molecular weight is 370 g/mol. The van der Waals surface area contributed by atoms with E-state index in [4.69, 9.17) is 5.73 Å². The molecular formula is C25H39NO. The molecule has 0 bridgehead atoms. The lowest BCUT2D eigenvalue weighted by Crippen LogP contribution is -2.34. The zero-order valence-corrected chi connectivity index (χ0v) is 18.2. The summed E-state index contributed by atoms with van der Waals surface area (Å²) in [5.41, 5.74) is 10.5. The third-order valence-corrected chi connectivity index (χ3v) is 6.34. The van der Waals surface area contributed by atoms with Crippen molar-refractivity contribution in [3.8, 4) is 0 Å². The number of rotatable bonds is 9. The van der Waals surface area contributed by atoms with Gasteiger partial charge in [-0.1, -0.05) is 91.0 Å². The summed E-state index contributed by atoms with van der Waals surface area (Å²) < 4.78 is 0. The molecule has 0 heterocycles. The van der Waals surface area contributed by atoms with Gasteiger partial charge in [0.2, 0.25) is 5.91 Å². The zero-order valence-electron chi connectivity index (χ0n) is 18.2. The summed E-state index contributed by atoms with van der Waals surface area (Å²) in [6.45, 7) is 11.5. The smallest absolute Gasteiger partial charge is 0.248 e. The Balaban J connectivity index is 2.18. The Morgan fingerprint density at radius 3 is 2.19 bits per heavy atom. The van der Waals surface area contributed by atoms with Gasteiger partial charge < -0.3 is 5.73 Å². The average Bonchev–Trinajstić information content (AvgIpc) is 2.61. The van der Waals surface area contributed by atoms with E-state index >= 15 is 0 Å². The fourth-order valence-corrected chi connectivity index (χ4v) is 4.29. The second kappa shape index (κ2) is 9.08. The molecule has 0 aliphatic heterocycles. The van der Waals surface area contributed by atoms with Crippen molar-refractivity contribution in [2.75, 3.05) is 0 Å². The molecule has 0 saturated heterocycles. The Labute approximate surface area is 166 Å². The van der Waals surface area contributed by atoms with Crippen LogP contribution in [-0.4, -0.2) is 5.91 Å². The first-order valence-corrected chi connectivity index (χ1v) is 10.8. The van der Waals surface area contributed by atoms with E-state index in [0.717, 1.165) is 18.4 Å². The van der Waals surface area contributed by atoms with Gasteiger partial charge in [-0.2, -0.15) is 0 Å². The fourth-order valence-electron chi connectivity index (χ4n) is 4.29. The van der Waals surface area contributed by atoms with E-state index in [-0.39, 0.29) is 16.7 Å². The first kappa shape index (κ1) is 21.7. The summed E-state index contributed by atoms with van der Waals surface area (Å²) in [7, 11) is 0. The maximum Gasteiger partial charge on any atom is 0.248 e. The molecule has 0 atom stereocenters. The minimum atomic E-state index is -0.311. The van der Waals surface area contributed by atoms with Crippen LogP contribution in [0.3, 0.4) is 0 Å². The van der Waals surface area contributed by atoms with Crippen LogP contribution in [-0.2, 0) is 15.6 Å². The van der Waals surface area contributed by atoms with E-state index in [1.165, 1.54) is 56.1 Å². The van der Waals surface area contributed by atoms with E-state index in [9.17, 15) is 4.79 Å². The lowest BCUT2D eigenvalue weighted by Gasteiger charge is -2.42. The van der Waals surface area contributed by atoms with Crippen LogP contribution < -0.4 is 5.73 Å². The molecule has 0 saturated carbocycles. The molecule has 0 unspecified atom stereocenters. The van der Waals surface area contributed by atoms with E-state index in [1.54, 1.807) is 0 Å². The van der Waals surface area contributed by atoms with Gasteiger partial charge in [-0.15, -0.1) is 0 Å². The Morgan fingerprint density at radius 2 is 1.56 bits per heavy atom. The number of nitrogens with two attached hydrogens (primary N) is 1. The second-order valence-electron chi connectivity index (χ2n) is 9.57. The Kier molecular flexibility index (Phi) is 7.31. The Bertz CT molecular complexity index is 682. The maximum absolute atomic E-state index is 12.1. The highest BCUT2D eigenvalue weighted by atomic mass is 16.1. The summed E-state index contributed by atoms with van der Waals surface area (Å²) in [6.07, 6.45) is 12.9. The minimum absolute atomic E-state index is 0.142. The van der Waals surface area contributed by atoms with Gasteiger partial charge in [0.15, 0.2) is 0 Å². The number of hydrogen-bond acceptors (Lipinski definition) is 1. The SMILES string of the molecule is CCCCCCCCC=C(C(N)=O)c1ccc2c(c1)C(C)(C)CCC2(C)C. The second-order valence-corrected chi connectivity index (χ2v) is 9.57. The number of carbonyl (C=O) groups is 1. The molecule has 2 rings (SSSR count). The van der Waals surface area contributed by atoms with Crippen molar-refractivity contribution >= 4 is 11.5 Å². The van der Waals surface area contributed by atoms with Gasteiger partial charge in [0.1, 0.15) is 0 Å². The summed E-state index contributed by atoms with van der Waals surface area (Å²) in [5.74, 6) is -0.311. The van der Waals surface area contributed by atoms with Crippen molar-refractivity contribution in [1.82, 2.24) is 0 Å². The largest absolute Gasteiger partial charge is 0.366 e. The molecule has 2 nitrogen and oxygen atoms in total. The van der Waals surface area contributed by atoms with Crippen molar-refractivity contribution in [2.24, 2.45) is 5.73 Å². The standard InChI is InChI=1S/C25H39NO/c1-6-7-8-9-10-11-12-13-20(23(26)27)19-14-15-21-22(18-19)25(4,5)17-16-24(21,2)3/h13-15,18H,6-12,16-17H2,1-5H3,(H2,26,27). The molecule has 2 N–H and O–H groups in total. The summed E-state index contributed by atoms with van der Waals surface area (Å²) in [4.78, 5) is 12.1. The molecule has 0 fully saturated rings. The Hall–Kier alpha value is -1.57. The lowest BCUT2D eigenvalue weighted by atomic mass is 9.63. The highest BCUT2D eigenvalue weighted by molar-refractivity contribution is 6.18. The summed E-state index contributed by atoms with van der Waals surface area (Å²) in [5, 5.41) is 0. The molecule has 150 valence electrons. The van der Waals surface area contributed by atoms with Crippen LogP contribution in [0.25, 0.3) is 5.57 Å². The van der Waals surface area contributed by atoms with E-state index in [1.807, 2.05) is 0 Å². The molecule has 2 heteroatoms. The molecule has 1 aromatic rings. The van der Waals surface area contributed by atoms with Crippen molar-refractivity contribution in [2.45, 2.75) is 103 Å². The van der Waals surface area contributed by atoms with Crippen LogP contribution in [0.2, 0.25) is 0 Å². The molecule has 1 aliphatic rings. The van der Waals surface area contributed by atoms with Crippen LogP contribution in [0.1, 0.15) is 109 Å². The number of primary amides is 1. The zero-order chi connectivity index (χ0) is 20.1. The van der Waals surface area contributed by atoms with Gasteiger partial charge in [0.05, 0.1) is 0 Å². The molecule has 1 amide bonds. The maximum atomic E-state index is 12.1. The molecular weight excluding hydrogens is 330 g/mol. The van der Waals surface area contributed by atoms with Crippen LogP contribution in [0.15, 0.2) is 24.3 Å². The van der Waals surface area contributed by atoms with Crippen molar-refractivity contribution < 1.29 is 4.79 Å². The summed E-state index contributed by atoms with van der Waals surface area (Å²) in [6, 6.07) is 6.56. The highest BCUT2D eigenvalue weighted by Crippen LogP contribution is 2.46. The predicted octanol–water partition coefficient (Wildman–Crippen LogP) is 6.65. The predicted molar refractivity (Wildman–Crippen MR) is 117 cm³/mol. The van der Waals surface area contributed by atoms with Crippen molar-refractivity contribution in [1.29, 1.82) is 0 Å². The number of hydrogen-bond donors (Lipinski definition) is 1. The van der Waals surface area contributed by atoms with Gasteiger partial charge in [-0.05, 0) is 53.2 Å². The van der Waals surface area contributed by atoms with Crippen LogP contribution in [0.5, 0.6) is 0 Å². The van der Waals surface area contributed by atoms with Gasteiger partial charge in [-0.25, -0.2) is 0 Å². The van der Waals surface area contributed by atoms with E-state index in [0.29, 0.717) is 5.57 Å². The van der Waals surface area contributed by atoms with E-state index in [2.05, 4.69) is 58.9 Å². The Morgan fingerprint density at radius 1 is 0.963 bits per heavy atom. The molecule has 1 aliphatic carbocycles. The number of allylic oxidation sites excluding steroid dienone is 1. The third kappa shape index (κ3) is 5.46. The number of unbranched alkanes of at least 4 members (excludes halogenated alkanes) is 6. The molecule has 0 spiro atoms. The minimum Gasteiger partial charge on any atom is -0.366 e. The van der Waals surface area contributed by atoms with Gasteiger partial charge >= 0.3 is 0 Å². The fraction of sp³-hybridized carbons (Fsp3) is 0.640. The van der Waals surface area contributed by atoms with Crippen molar-refractivity contribution in [3.63, 3.8) is 0 Å². The van der Waals surface area contributed by atoms with Gasteiger partial charge in [0.25, 0.3) is 0 Å². The number of fused-ring (bicyclic) bond motifs is 1. The monoisotopic (exact) mass is 369 g/mol. The van der Waals surface area contributed by atoms with E-state index < -0.39 is 0 Å². The quantitative estimate of drug-likeness (QED) is 0.384. The van der Waals surface area contributed by atoms with Gasteiger partial charge in [0, 0.05) is 5.57 Å². The number of benzene rings is 1. The van der Waals surface area contributed by atoms with Gasteiger partial charge in [-0.3, -0.25) is 4.79 Å². The topological polar surface area (TPSA) is 43.1 Å².